The van der Waals surface area contributed by atoms with Gasteiger partial charge in [-0.05, 0) is 41.6 Å². The molecule has 0 unspecified atom stereocenters. The van der Waals surface area contributed by atoms with Crippen LogP contribution in [0.15, 0.2) is 74.7 Å². The Labute approximate surface area is 233 Å². The first-order valence-corrected chi connectivity index (χ1v) is 13.2. The molecule has 0 bridgehead atoms. The zero-order valence-electron chi connectivity index (χ0n) is 22.6. The van der Waals surface area contributed by atoms with Gasteiger partial charge in [-0.2, -0.15) is 0 Å². The summed E-state index contributed by atoms with van der Waals surface area (Å²) in [7, 11) is 1.42. The third kappa shape index (κ3) is 4.39. The molecule has 9 nitrogen and oxygen atoms in total. The number of phenols is 2. The van der Waals surface area contributed by atoms with Gasteiger partial charge < -0.3 is 28.7 Å². The average Bonchev–Trinajstić information content (AvgIpc) is 2.93. The molecule has 1 atom stereocenters. The Morgan fingerprint density at radius 3 is 2.51 bits per heavy atom. The lowest BCUT2D eigenvalue weighted by molar-refractivity contribution is -0.135. The van der Waals surface area contributed by atoms with Gasteiger partial charge in [0.25, 0.3) is 5.56 Å². The second kappa shape index (κ2) is 9.85. The molecule has 1 aliphatic rings. The highest BCUT2D eigenvalue weighted by Crippen LogP contribution is 2.46. The minimum atomic E-state index is -0.812. The highest BCUT2D eigenvalue weighted by Gasteiger charge is 2.35. The van der Waals surface area contributed by atoms with E-state index in [2.05, 4.69) is 0 Å². The molecule has 2 N–H and O–H groups in total. The first-order valence-electron chi connectivity index (χ1n) is 13.2. The Kier molecular flexibility index (Phi) is 6.29. The number of rotatable bonds is 5. The maximum Gasteiger partial charge on any atom is 0.312 e. The van der Waals surface area contributed by atoms with Crippen LogP contribution in [0.5, 0.6) is 23.0 Å². The molecule has 6 rings (SSSR count). The minimum Gasteiger partial charge on any atom is -0.507 e. The largest absolute Gasteiger partial charge is 0.507 e. The van der Waals surface area contributed by atoms with Crippen LogP contribution in [0.3, 0.4) is 0 Å². The van der Waals surface area contributed by atoms with Crippen LogP contribution in [0.4, 0.5) is 0 Å². The maximum atomic E-state index is 14.0. The van der Waals surface area contributed by atoms with E-state index >= 15 is 0 Å². The number of benzene rings is 3. The lowest BCUT2D eigenvalue weighted by atomic mass is 9.85. The third-order valence-electron chi connectivity index (χ3n) is 7.34. The first kappa shape index (κ1) is 26.2. The zero-order chi connectivity index (χ0) is 29.0. The fourth-order valence-electron chi connectivity index (χ4n) is 5.56. The van der Waals surface area contributed by atoms with Crippen molar-refractivity contribution >= 4 is 27.8 Å². The van der Waals surface area contributed by atoms with E-state index in [1.165, 1.54) is 31.4 Å². The smallest absolute Gasteiger partial charge is 0.312 e. The zero-order valence-corrected chi connectivity index (χ0v) is 22.6. The number of hydrogen-bond donors (Lipinski definition) is 2. The highest BCUT2D eigenvalue weighted by molar-refractivity contribution is 5.93. The predicted octanol–water partition coefficient (Wildman–Crippen LogP) is 5.29. The number of carbonyl (C=O) groups excluding carboxylic acids is 1. The van der Waals surface area contributed by atoms with Gasteiger partial charge in [-0.25, -0.2) is 0 Å². The van der Waals surface area contributed by atoms with Gasteiger partial charge in [-0.1, -0.05) is 32.0 Å². The van der Waals surface area contributed by atoms with Crippen LogP contribution in [0.25, 0.3) is 33.2 Å². The number of methoxy groups -OCH3 is 1. The van der Waals surface area contributed by atoms with Gasteiger partial charge in [0.15, 0.2) is 16.9 Å². The highest BCUT2D eigenvalue weighted by atomic mass is 16.5. The van der Waals surface area contributed by atoms with E-state index in [4.69, 9.17) is 13.9 Å². The van der Waals surface area contributed by atoms with E-state index in [1.54, 1.807) is 16.7 Å². The number of aromatic nitrogens is 1. The first-order chi connectivity index (χ1) is 19.7. The normalized spacial score (nSPS) is 14.8. The average molecular weight is 554 g/mol. The predicted molar refractivity (Wildman–Crippen MR) is 153 cm³/mol. The molecule has 0 spiro atoms. The molecule has 9 heteroatoms. The molecule has 5 aromatic rings. The van der Waals surface area contributed by atoms with Crippen molar-refractivity contribution in [3.63, 3.8) is 0 Å². The van der Waals surface area contributed by atoms with Crippen molar-refractivity contribution in [2.75, 3.05) is 7.11 Å². The maximum absolute atomic E-state index is 14.0. The summed E-state index contributed by atoms with van der Waals surface area (Å²) in [5.41, 5.74) is 1.03. The summed E-state index contributed by atoms with van der Waals surface area (Å²) < 4.78 is 18.6. The van der Waals surface area contributed by atoms with Crippen LogP contribution in [-0.4, -0.2) is 27.9 Å². The molecule has 0 aliphatic carbocycles. The van der Waals surface area contributed by atoms with E-state index in [0.29, 0.717) is 23.2 Å². The molecule has 0 radical (unpaired) electrons. The molecule has 1 aliphatic heterocycles. The number of aromatic hydroxyl groups is 2. The number of pyridine rings is 1. The number of esters is 1. The third-order valence-corrected chi connectivity index (χ3v) is 7.34. The van der Waals surface area contributed by atoms with E-state index in [9.17, 15) is 24.6 Å². The second-order valence-corrected chi connectivity index (χ2v) is 10.6. The van der Waals surface area contributed by atoms with Crippen molar-refractivity contribution in [2.45, 2.75) is 32.7 Å². The lowest BCUT2D eigenvalue weighted by Gasteiger charge is -2.26. The summed E-state index contributed by atoms with van der Waals surface area (Å²) in [6.45, 7) is 4.50. The van der Waals surface area contributed by atoms with Crippen molar-refractivity contribution in [1.82, 2.24) is 4.57 Å². The van der Waals surface area contributed by atoms with Gasteiger partial charge in [0.05, 0.1) is 19.0 Å². The van der Waals surface area contributed by atoms with Crippen LogP contribution < -0.4 is 20.5 Å². The van der Waals surface area contributed by atoms with Crippen molar-refractivity contribution in [1.29, 1.82) is 0 Å². The fraction of sp³-hybridized carbons (Fsp3) is 0.219. The van der Waals surface area contributed by atoms with Crippen molar-refractivity contribution < 1.29 is 28.9 Å². The number of fused-ring (bicyclic) bond motifs is 4. The van der Waals surface area contributed by atoms with E-state index in [1.807, 2.05) is 38.1 Å². The summed E-state index contributed by atoms with van der Waals surface area (Å²) >= 11 is 0. The van der Waals surface area contributed by atoms with E-state index in [0.717, 1.165) is 10.9 Å². The molecule has 0 saturated carbocycles. The molecule has 3 heterocycles. The number of para-hydroxylation sites is 1. The summed E-state index contributed by atoms with van der Waals surface area (Å²) in [6, 6.07) is 16.3. The number of nitrogens with zero attached hydrogens (tertiary/aromatic N) is 1. The molecule has 41 heavy (non-hydrogen) atoms. The lowest BCUT2D eigenvalue weighted by Crippen LogP contribution is -2.31. The standard InChI is InChI=1S/C32H27NO8/c1-16(2)15-33-21-7-5-4-6-17(21)10-20(32(33)38)19-12-28(37)40-27-14-24(36)30-23(35)13-26(41-31(30)29(19)27)18-8-9-25(39-3)22(34)11-18/h4-11,13-14,16,19,34,36H,12,15H2,1-3H3/t19-/m0/s1. The Bertz CT molecular complexity index is 1990. The summed E-state index contributed by atoms with van der Waals surface area (Å²) in [4.78, 5) is 40.2. The molecular formula is C32H27NO8. The molecule has 2 aromatic heterocycles. The van der Waals surface area contributed by atoms with Crippen LogP contribution in [0, 0.1) is 5.92 Å². The molecule has 0 fully saturated rings. The number of carbonyl (C=O) groups is 1. The molecule has 0 amide bonds. The molecule has 208 valence electrons. The Balaban J connectivity index is 1.65. The van der Waals surface area contributed by atoms with Gasteiger partial charge in [-0.3, -0.25) is 14.4 Å². The van der Waals surface area contributed by atoms with Crippen LogP contribution in [0.1, 0.15) is 37.3 Å². The monoisotopic (exact) mass is 553 g/mol. The summed E-state index contributed by atoms with van der Waals surface area (Å²) in [5, 5.41) is 21.8. The summed E-state index contributed by atoms with van der Waals surface area (Å²) in [6.07, 6.45) is -0.167. The SMILES string of the molecule is COc1ccc(-c2cc(=O)c3c(O)cc4c(c3o2)[C@H](c2cc3ccccc3n(CC(C)C)c2=O)CC(=O)O4)cc1O. The van der Waals surface area contributed by atoms with E-state index in [-0.39, 0.29) is 51.9 Å². The van der Waals surface area contributed by atoms with Gasteiger partial charge >= 0.3 is 5.97 Å². The quantitative estimate of drug-likeness (QED) is 0.222. The Morgan fingerprint density at radius 1 is 1.00 bits per heavy atom. The van der Waals surface area contributed by atoms with Crippen LogP contribution in [0.2, 0.25) is 0 Å². The Morgan fingerprint density at radius 2 is 1.78 bits per heavy atom. The van der Waals surface area contributed by atoms with Crippen molar-refractivity contribution in [3.8, 4) is 34.3 Å². The van der Waals surface area contributed by atoms with Crippen molar-refractivity contribution in [3.05, 3.63) is 92.4 Å². The van der Waals surface area contributed by atoms with Crippen molar-refractivity contribution in [2.24, 2.45) is 5.92 Å². The van der Waals surface area contributed by atoms with Gasteiger partial charge in [0.1, 0.15) is 28.2 Å². The van der Waals surface area contributed by atoms with Gasteiger partial charge in [0, 0.05) is 41.3 Å². The van der Waals surface area contributed by atoms with Crippen LogP contribution >= 0.6 is 0 Å². The molecule has 3 aromatic carbocycles. The number of hydrogen-bond acceptors (Lipinski definition) is 8. The second-order valence-electron chi connectivity index (χ2n) is 10.6. The molecular weight excluding hydrogens is 526 g/mol. The van der Waals surface area contributed by atoms with Crippen LogP contribution in [-0.2, 0) is 11.3 Å². The van der Waals surface area contributed by atoms with Gasteiger partial charge in [-0.15, -0.1) is 0 Å². The number of ether oxygens (including phenoxy) is 2. The molecule has 0 saturated heterocycles. The summed E-state index contributed by atoms with van der Waals surface area (Å²) in [5.74, 6) is -1.42. The minimum absolute atomic E-state index is 0.00160. The number of phenolic OH excluding ortho intramolecular Hbond substituents is 2. The van der Waals surface area contributed by atoms with Gasteiger partial charge in [0.2, 0.25) is 0 Å². The topological polar surface area (TPSA) is 128 Å². The Hall–Kier alpha value is -5.05. The fourth-order valence-corrected chi connectivity index (χ4v) is 5.56. The van der Waals surface area contributed by atoms with E-state index < -0.39 is 23.1 Å².